The second kappa shape index (κ2) is 68.9. The normalized spacial score (nSPS) is 21.1. The summed E-state index contributed by atoms with van der Waals surface area (Å²) in [6.07, 6.45) is 22.2. The zero-order chi connectivity index (χ0) is 72.9. The third-order valence-corrected chi connectivity index (χ3v) is 19.2. The Labute approximate surface area is 708 Å². The monoisotopic (exact) mass is 1540 g/mol. The Morgan fingerprint density at radius 2 is 0.864 bits per heavy atom. The van der Waals surface area contributed by atoms with Gasteiger partial charge >= 0.3 is 124 Å². The molecule has 0 aliphatic carbocycles. The molecule has 0 saturated carbocycles. The summed E-state index contributed by atoms with van der Waals surface area (Å²) in [7, 11) is -10.7. The minimum Gasteiger partial charge on any atom is -0.790 e. The van der Waals surface area contributed by atoms with E-state index in [9.17, 15) is 62.9 Å². The Morgan fingerprint density at radius 3 is 1.34 bits per heavy atom. The summed E-state index contributed by atoms with van der Waals surface area (Å²) in [5.41, 5.74) is 0. The molecule has 2 heterocycles. The van der Waals surface area contributed by atoms with Crippen LogP contribution in [-0.2, 0) is 75.3 Å². The number of ether oxygens (including phenoxy) is 7. The Balaban J connectivity index is -0.0000250. The molecule has 0 aromatic heterocycles. The fraction of sp³-hybridized carbons (Fsp3) is 0.904. The molecule has 2 aliphatic rings. The molecule has 24 nitrogen and oxygen atoms in total. The number of nitrogens with one attached hydrogen (secondary N) is 2. The number of unbranched alkanes of at least 4 members (excludes halogenated alkanes) is 29. The molecule has 0 aromatic carbocycles. The van der Waals surface area contributed by atoms with Gasteiger partial charge in [-0.25, -0.2) is 0 Å². The van der Waals surface area contributed by atoms with Crippen LogP contribution in [0.3, 0.4) is 0 Å². The summed E-state index contributed by atoms with van der Waals surface area (Å²) < 4.78 is 78.4. The van der Waals surface area contributed by atoms with Crippen LogP contribution in [0.1, 0.15) is 317 Å². The third-order valence-electron chi connectivity index (χ3n) is 18.3. The van der Waals surface area contributed by atoms with Gasteiger partial charge in [-0.15, -0.1) is 0 Å². The quantitative estimate of drug-likeness (QED) is 0.0149. The first-order valence-electron chi connectivity index (χ1n) is 38.5. The average molecular weight is 1540 g/mol. The van der Waals surface area contributed by atoms with Crippen LogP contribution in [0.25, 0.3) is 0 Å². The van der Waals surface area contributed by atoms with E-state index >= 15 is 0 Å². The van der Waals surface area contributed by atoms with E-state index in [0.717, 1.165) is 161 Å². The zero-order valence-corrected chi connectivity index (χ0v) is 75.3. The number of aliphatic hydroxyl groups is 2. The van der Waals surface area contributed by atoms with Gasteiger partial charge in [0.15, 0.2) is 12.6 Å². The number of phosphoric acid groups is 2. The van der Waals surface area contributed by atoms with E-state index in [1.54, 1.807) is 0 Å². The first-order valence-corrected chi connectivity index (χ1v) is 41.4. The van der Waals surface area contributed by atoms with Crippen LogP contribution in [0.5, 0.6) is 0 Å². The van der Waals surface area contributed by atoms with E-state index < -0.39 is 145 Å². The number of hydrogen-bond donors (Lipinski definition) is 4. The maximum atomic E-state index is 14.2. The van der Waals surface area contributed by atoms with Crippen molar-refractivity contribution < 1.29 is 223 Å². The molecule has 2 fully saturated rings. The van der Waals surface area contributed by atoms with Gasteiger partial charge in [-0.2, -0.15) is 0 Å². The van der Waals surface area contributed by atoms with Gasteiger partial charge in [0.25, 0.3) is 0 Å². The van der Waals surface area contributed by atoms with Gasteiger partial charge in [-0.3, -0.25) is 24.0 Å². The number of rotatable bonds is 65. The molecule has 0 bridgehead atoms. The fourth-order valence-corrected chi connectivity index (χ4v) is 13.6. The molecular weight excluding hydrogens is 1410 g/mol. The number of carbonyl (C=O) groups is 5. The van der Waals surface area contributed by atoms with Gasteiger partial charge in [0.2, 0.25) is 11.8 Å². The van der Waals surface area contributed by atoms with Crippen molar-refractivity contribution in [3.63, 3.8) is 0 Å². The minimum atomic E-state index is -6.02. The number of carbonyl (C=O) groups excluding carboxylic acids is 5. The maximum absolute atomic E-state index is 14.2. The summed E-state index contributed by atoms with van der Waals surface area (Å²) in [6.45, 7) is 8.80. The van der Waals surface area contributed by atoms with Crippen LogP contribution in [-0.4, -0.2) is 147 Å². The van der Waals surface area contributed by atoms with Gasteiger partial charge < -0.3 is 91.8 Å². The summed E-state index contributed by atoms with van der Waals surface area (Å²) >= 11 is 0. The molecule has 0 aromatic rings. The first kappa shape index (κ1) is 109. The largest absolute Gasteiger partial charge is 1.00 e. The third kappa shape index (κ3) is 55.5. The van der Waals surface area contributed by atoms with Gasteiger partial charge in [-0.1, -0.05) is 227 Å². The fourth-order valence-electron chi connectivity index (χ4n) is 12.6. The molecule has 2 amide bonds. The van der Waals surface area contributed by atoms with Crippen molar-refractivity contribution in [3.05, 3.63) is 12.2 Å². The number of allylic oxidation sites excluding steroid dienone is 2. The van der Waals surface area contributed by atoms with Gasteiger partial charge in [0.05, 0.1) is 54.4 Å². The second-order valence-electron chi connectivity index (χ2n) is 27.3. The Morgan fingerprint density at radius 1 is 0.456 bits per heavy atom. The molecule has 0 radical (unpaired) electrons. The number of methoxy groups -OCH3 is 1. The molecule has 2 aliphatic heterocycles. The summed E-state index contributed by atoms with van der Waals surface area (Å²) in [5, 5.41) is 28.5. The maximum Gasteiger partial charge on any atom is 1.00 e. The van der Waals surface area contributed by atoms with E-state index in [1.807, 2.05) is 0 Å². The summed E-state index contributed by atoms with van der Waals surface area (Å²) in [6, 6.07) is -3.43. The van der Waals surface area contributed by atoms with Crippen LogP contribution in [0.4, 0.5) is 0 Å². The first-order chi connectivity index (χ1) is 47.6. The van der Waals surface area contributed by atoms with Crippen molar-refractivity contribution in [3.8, 4) is 0 Å². The van der Waals surface area contributed by atoms with E-state index in [4.69, 9.17) is 42.2 Å². The Kier molecular flexibility index (Phi) is 72.7. The number of hydrogen-bond acceptors (Lipinski definition) is 22. The smallest absolute Gasteiger partial charge is 0.790 e. The number of esters is 1. The Hall–Kier alpha value is 1.39. The molecule has 10 unspecified atom stereocenters. The molecule has 12 atom stereocenters. The molecule has 4 N–H and O–H groups in total. The van der Waals surface area contributed by atoms with Crippen LogP contribution in [0, 0.1) is 0 Å². The summed E-state index contributed by atoms with van der Waals surface area (Å²) in [4.78, 5) is 119. The van der Waals surface area contributed by atoms with Crippen molar-refractivity contribution in [2.75, 3.05) is 33.5 Å². The molecule has 30 heteroatoms. The minimum absolute atomic E-state index is 0. The SMILES string of the molecule is CCCCCC/C=C\CCCC(=O)O[C@H](CCCCCCC)CCOC1C(NC(=O)CC(=O)CCCCCCCCCCC)C(OCC2OC(OP(=O)([O-])[O-])C(NC(=O)CC(=O)CCCCCCCCCCC)C(OCC[C@H](O)CCCCCCC)C2O)OC(COC)C1OP(=O)([O-])[O-].[Na+].[Na+].[Na+].[Na+]. The van der Waals surface area contributed by atoms with Gasteiger partial charge in [0, 0.05) is 39.4 Å². The number of ketones is 2. The van der Waals surface area contributed by atoms with E-state index in [-0.39, 0.29) is 164 Å². The number of Topliss-reactive ketones (excluding diaryl/α,β-unsaturated/α-hetero) is 2. The number of aliphatic hydroxyl groups excluding tert-OH is 2. The topological polar surface area (TPSA) is 359 Å². The average Bonchev–Trinajstić information content (AvgIpc) is 0.788. The van der Waals surface area contributed by atoms with Crippen LogP contribution >= 0.6 is 15.6 Å². The molecule has 2 rings (SSSR count). The zero-order valence-electron chi connectivity index (χ0n) is 65.5. The predicted molar refractivity (Wildman–Crippen MR) is 372 cm³/mol. The standard InChI is InChI=1S/C73H136N2O22P2.4Na/c1-7-12-17-22-25-28-31-36-40-45-58(77)53-63(79)74-66-70(90-51-49-57(76)44-39-34-20-15-10-4)68(82)61(94-73(66)97-99(86,87)88)56-92-72-67(75-64(80)54-59(78)46-41-37-32-29-26-23-18-13-8-2)71(69(96-98(83,84)85)62(95-72)55-89-6)91-52-50-60(47-42-35-21-16-11-5)93-65(81)48-43-38-33-30-27-24-19-14-9-3;;;;/h30,33,57,60-62,66-73,76,82H,7-29,31-32,34-56H2,1-6H3,(H,74,79)(H,75,80)(H2,83,84,85)(H2,86,87,88);;;;/q;4*+1/p-4/b33-30-;;;;/t57-,60-,61?,62?,66?,67?,68?,69?,70?,71?,72?,73?;;;;/m1..../s1. The van der Waals surface area contributed by atoms with Crippen LogP contribution in [0.2, 0.25) is 0 Å². The molecule has 580 valence electrons. The van der Waals surface area contributed by atoms with Crippen LogP contribution in [0.15, 0.2) is 12.2 Å². The second-order valence-corrected chi connectivity index (χ2v) is 29.6. The van der Waals surface area contributed by atoms with Gasteiger partial charge in [0.1, 0.15) is 66.4 Å². The van der Waals surface area contributed by atoms with Crippen LogP contribution < -0.4 is 148 Å². The van der Waals surface area contributed by atoms with Crippen molar-refractivity contribution in [1.82, 2.24) is 10.6 Å². The Bertz CT molecular complexity index is 2250. The number of phosphoric ester groups is 2. The van der Waals surface area contributed by atoms with E-state index in [2.05, 4.69) is 57.4 Å². The van der Waals surface area contributed by atoms with Crippen molar-refractivity contribution in [2.24, 2.45) is 0 Å². The van der Waals surface area contributed by atoms with E-state index in [0.29, 0.717) is 44.9 Å². The summed E-state index contributed by atoms with van der Waals surface area (Å²) in [5.74, 6) is -3.04. The molecule has 2 saturated heterocycles. The van der Waals surface area contributed by atoms with E-state index in [1.165, 1.54) is 39.2 Å². The number of amides is 2. The molecule has 103 heavy (non-hydrogen) atoms. The van der Waals surface area contributed by atoms with Crippen molar-refractivity contribution in [2.45, 2.75) is 391 Å². The van der Waals surface area contributed by atoms with Gasteiger partial charge in [-0.05, 0) is 64.2 Å². The molecular formula is C73H132N2Na4O22P2. The molecule has 0 spiro atoms. The van der Waals surface area contributed by atoms with Crippen molar-refractivity contribution >= 4 is 45.0 Å². The predicted octanol–water partition coefficient (Wildman–Crippen LogP) is -0.494. The van der Waals surface area contributed by atoms with Crippen molar-refractivity contribution in [1.29, 1.82) is 0 Å².